The van der Waals surface area contributed by atoms with Crippen molar-refractivity contribution in [2.24, 2.45) is 0 Å². The first-order valence-corrected chi connectivity index (χ1v) is 9.16. The molecule has 0 aliphatic carbocycles. The highest BCUT2D eigenvalue weighted by Gasteiger charge is 2.20. The minimum absolute atomic E-state index is 0.0190. The average Bonchev–Trinajstić information content (AvgIpc) is 2.67. The molecule has 3 rings (SSSR count). The van der Waals surface area contributed by atoms with E-state index in [0.29, 0.717) is 5.75 Å². The summed E-state index contributed by atoms with van der Waals surface area (Å²) in [6, 6.07) is 17.0. The van der Waals surface area contributed by atoms with E-state index in [1.54, 1.807) is 29.0 Å². The molecule has 3 aromatic rings. The van der Waals surface area contributed by atoms with E-state index in [0.717, 1.165) is 22.4 Å². The Balaban J connectivity index is 1.84. The molecular formula is C23H25NO4. The molecule has 1 unspecified atom stereocenters. The molecule has 0 aliphatic rings. The summed E-state index contributed by atoms with van der Waals surface area (Å²) in [6.07, 6.45) is 1.77. The van der Waals surface area contributed by atoms with Crippen LogP contribution in [0.3, 0.4) is 0 Å². The maximum atomic E-state index is 12.6. The van der Waals surface area contributed by atoms with Gasteiger partial charge >= 0.3 is 0 Å². The number of hydrogen-bond acceptors (Lipinski definition) is 4. The van der Waals surface area contributed by atoms with Gasteiger partial charge in [-0.25, -0.2) is 0 Å². The second kappa shape index (κ2) is 8.00. The van der Waals surface area contributed by atoms with Crippen LogP contribution in [0, 0.1) is 13.8 Å². The molecule has 1 aromatic heterocycles. The molecule has 0 saturated carbocycles. The number of pyridine rings is 1. The zero-order chi connectivity index (χ0) is 20.3. The van der Waals surface area contributed by atoms with Gasteiger partial charge in [0.25, 0.3) is 5.56 Å². The quantitative estimate of drug-likeness (QED) is 0.690. The van der Waals surface area contributed by atoms with Gasteiger partial charge in [-0.1, -0.05) is 29.8 Å². The van der Waals surface area contributed by atoms with Crippen molar-refractivity contribution in [2.45, 2.75) is 26.4 Å². The zero-order valence-corrected chi connectivity index (χ0v) is 16.3. The average molecular weight is 379 g/mol. The van der Waals surface area contributed by atoms with Crippen molar-refractivity contribution in [2.75, 3.05) is 13.2 Å². The van der Waals surface area contributed by atoms with Crippen molar-refractivity contribution < 1.29 is 14.9 Å². The van der Waals surface area contributed by atoms with Gasteiger partial charge in [0.2, 0.25) is 0 Å². The Kier molecular flexibility index (Phi) is 5.68. The van der Waals surface area contributed by atoms with Crippen LogP contribution in [-0.4, -0.2) is 33.6 Å². The molecule has 0 amide bonds. The highest BCUT2D eigenvalue weighted by Crippen LogP contribution is 2.23. The SMILES string of the molecule is Cc1ccc(-c2ccn(-c3ccc(OCC(C)(O)CO)c(C)c3)c(=O)c2)cc1. The molecule has 2 aromatic carbocycles. The Morgan fingerprint density at radius 3 is 2.32 bits per heavy atom. The first-order valence-electron chi connectivity index (χ1n) is 9.16. The van der Waals surface area contributed by atoms with Gasteiger partial charge in [0.1, 0.15) is 18.0 Å². The monoisotopic (exact) mass is 379 g/mol. The summed E-state index contributed by atoms with van der Waals surface area (Å²) in [5.74, 6) is 0.599. The number of aliphatic hydroxyl groups is 2. The number of aryl methyl sites for hydroxylation is 2. The zero-order valence-electron chi connectivity index (χ0n) is 16.3. The molecular weight excluding hydrogens is 354 g/mol. The summed E-state index contributed by atoms with van der Waals surface area (Å²) in [7, 11) is 0. The molecule has 5 nitrogen and oxygen atoms in total. The first-order chi connectivity index (χ1) is 13.3. The third kappa shape index (κ3) is 4.50. The fraction of sp³-hybridized carbons (Fsp3) is 0.261. The van der Waals surface area contributed by atoms with Gasteiger partial charge in [-0.15, -0.1) is 0 Å². The molecule has 0 radical (unpaired) electrons. The van der Waals surface area contributed by atoms with Crippen LogP contribution in [0.15, 0.2) is 65.6 Å². The number of rotatable bonds is 6. The van der Waals surface area contributed by atoms with Gasteiger partial charge in [0.05, 0.1) is 6.61 Å². The Bertz CT molecular complexity index is 1020. The number of benzene rings is 2. The standard InChI is InChI=1S/C23H25NO4/c1-16-4-6-18(7-5-16)19-10-11-24(22(26)13-19)20-8-9-21(17(2)12-20)28-15-23(3,27)14-25/h4-13,25,27H,14-15H2,1-3H3. The maximum absolute atomic E-state index is 12.6. The Labute approximate surface area is 164 Å². The van der Waals surface area contributed by atoms with Gasteiger partial charge in [0, 0.05) is 18.0 Å². The van der Waals surface area contributed by atoms with E-state index in [4.69, 9.17) is 9.84 Å². The van der Waals surface area contributed by atoms with E-state index in [-0.39, 0.29) is 18.8 Å². The third-order valence-electron chi connectivity index (χ3n) is 4.62. The van der Waals surface area contributed by atoms with Crippen molar-refractivity contribution in [1.82, 2.24) is 4.57 Å². The molecule has 0 fully saturated rings. The molecule has 1 atom stereocenters. The molecule has 0 bridgehead atoms. The fourth-order valence-corrected chi connectivity index (χ4v) is 2.84. The van der Waals surface area contributed by atoms with Gasteiger partial charge in [-0.3, -0.25) is 9.36 Å². The highest BCUT2D eigenvalue weighted by atomic mass is 16.5. The van der Waals surface area contributed by atoms with Crippen LogP contribution in [0.25, 0.3) is 16.8 Å². The lowest BCUT2D eigenvalue weighted by Gasteiger charge is -2.21. The van der Waals surface area contributed by atoms with Gasteiger partial charge in [-0.05, 0) is 61.7 Å². The lowest BCUT2D eigenvalue weighted by Crippen LogP contribution is -2.36. The molecule has 5 heteroatoms. The number of aromatic nitrogens is 1. The van der Waals surface area contributed by atoms with Crippen LogP contribution < -0.4 is 10.3 Å². The van der Waals surface area contributed by atoms with Gasteiger partial charge < -0.3 is 14.9 Å². The van der Waals surface area contributed by atoms with Crippen LogP contribution in [0.1, 0.15) is 18.1 Å². The van der Waals surface area contributed by atoms with Crippen LogP contribution in [0.5, 0.6) is 5.75 Å². The van der Waals surface area contributed by atoms with Crippen molar-refractivity contribution in [3.8, 4) is 22.6 Å². The van der Waals surface area contributed by atoms with Crippen molar-refractivity contribution in [1.29, 1.82) is 0 Å². The summed E-state index contributed by atoms with van der Waals surface area (Å²) in [5.41, 5.74) is 3.22. The van der Waals surface area contributed by atoms with E-state index in [9.17, 15) is 9.90 Å². The van der Waals surface area contributed by atoms with Crippen LogP contribution >= 0.6 is 0 Å². The highest BCUT2D eigenvalue weighted by molar-refractivity contribution is 5.63. The van der Waals surface area contributed by atoms with E-state index >= 15 is 0 Å². The second-order valence-corrected chi connectivity index (χ2v) is 7.38. The number of aliphatic hydroxyl groups excluding tert-OH is 1. The molecule has 0 aliphatic heterocycles. The minimum atomic E-state index is -1.30. The minimum Gasteiger partial charge on any atom is -0.490 e. The Hall–Kier alpha value is -2.89. The number of hydrogen-bond donors (Lipinski definition) is 2. The van der Waals surface area contributed by atoms with Crippen LogP contribution in [-0.2, 0) is 0 Å². The van der Waals surface area contributed by atoms with E-state index < -0.39 is 5.60 Å². The summed E-state index contributed by atoms with van der Waals surface area (Å²) < 4.78 is 7.18. The molecule has 146 valence electrons. The predicted molar refractivity (Wildman–Crippen MR) is 110 cm³/mol. The first kappa shape index (κ1) is 19.9. The maximum Gasteiger partial charge on any atom is 0.255 e. The Morgan fingerprint density at radius 2 is 1.71 bits per heavy atom. The smallest absolute Gasteiger partial charge is 0.255 e. The lowest BCUT2D eigenvalue weighted by atomic mass is 10.1. The molecule has 2 N–H and O–H groups in total. The molecule has 0 spiro atoms. The fourth-order valence-electron chi connectivity index (χ4n) is 2.84. The van der Waals surface area contributed by atoms with E-state index in [1.807, 2.05) is 50.2 Å². The molecule has 0 saturated heterocycles. The molecule has 28 heavy (non-hydrogen) atoms. The largest absolute Gasteiger partial charge is 0.490 e. The van der Waals surface area contributed by atoms with Gasteiger partial charge in [-0.2, -0.15) is 0 Å². The normalized spacial score (nSPS) is 13.2. The van der Waals surface area contributed by atoms with Crippen molar-refractivity contribution >= 4 is 0 Å². The number of ether oxygens (including phenoxy) is 1. The van der Waals surface area contributed by atoms with Crippen molar-refractivity contribution in [3.05, 3.63) is 82.3 Å². The lowest BCUT2D eigenvalue weighted by molar-refractivity contribution is -0.0326. The summed E-state index contributed by atoms with van der Waals surface area (Å²) in [4.78, 5) is 12.6. The van der Waals surface area contributed by atoms with Gasteiger partial charge in [0.15, 0.2) is 0 Å². The summed E-state index contributed by atoms with van der Waals surface area (Å²) >= 11 is 0. The molecule has 1 heterocycles. The summed E-state index contributed by atoms with van der Waals surface area (Å²) in [6.45, 7) is 5.01. The summed E-state index contributed by atoms with van der Waals surface area (Å²) in [5, 5.41) is 19.0. The topological polar surface area (TPSA) is 71.7 Å². The second-order valence-electron chi connectivity index (χ2n) is 7.38. The van der Waals surface area contributed by atoms with E-state index in [1.165, 1.54) is 12.5 Å². The van der Waals surface area contributed by atoms with E-state index in [2.05, 4.69) is 0 Å². The van der Waals surface area contributed by atoms with Crippen molar-refractivity contribution in [3.63, 3.8) is 0 Å². The van der Waals surface area contributed by atoms with Crippen LogP contribution in [0.4, 0.5) is 0 Å². The third-order valence-corrected chi connectivity index (χ3v) is 4.62. The van der Waals surface area contributed by atoms with Crippen LogP contribution in [0.2, 0.25) is 0 Å². The Morgan fingerprint density at radius 1 is 1.00 bits per heavy atom. The predicted octanol–water partition coefficient (Wildman–Crippen LogP) is 3.24. The number of nitrogens with zero attached hydrogens (tertiary/aromatic N) is 1.